The highest BCUT2D eigenvalue weighted by Gasteiger charge is 2.41. The largest absolute Gasteiger partial charge is 0.454 e. The number of ketones is 1. The fourth-order valence-electron chi connectivity index (χ4n) is 4.73. The van der Waals surface area contributed by atoms with Gasteiger partial charge in [-0.05, 0) is 51.3 Å². The van der Waals surface area contributed by atoms with Crippen LogP contribution >= 0.6 is 0 Å². The van der Waals surface area contributed by atoms with E-state index in [1.165, 1.54) is 0 Å². The highest BCUT2D eigenvalue weighted by atomic mass is 16.6. The molecule has 9 atom stereocenters. The van der Waals surface area contributed by atoms with E-state index < -0.39 is 24.1 Å². The van der Waals surface area contributed by atoms with Gasteiger partial charge in [-0.3, -0.25) is 4.79 Å². The molecular formula is C30H42O7. The molecule has 2 fully saturated rings. The lowest BCUT2D eigenvalue weighted by Gasteiger charge is -2.26. The molecule has 37 heavy (non-hydrogen) atoms. The Hall–Kier alpha value is -2.32. The molecule has 0 amide bonds. The first-order valence-electron chi connectivity index (χ1n) is 13.2. The second kappa shape index (κ2) is 13.0. The molecule has 0 spiro atoms. The van der Waals surface area contributed by atoms with E-state index >= 15 is 0 Å². The molecule has 3 aliphatic heterocycles. The van der Waals surface area contributed by atoms with Gasteiger partial charge in [0.25, 0.3) is 0 Å². The van der Waals surface area contributed by atoms with Crippen LogP contribution in [-0.4, -0.2) is 66.7 Å². The second-order valence-corrected chi connectivity index (χ2v) is 10.5. The minimum absolute atomic E-state index is 0.0107. The molecule has 1 N–H and O–H groups in total. The first-order valence-corrected chi connectivity index (χ1v) is 13.2. The van der Waals surface area contributed by atoms with Gasteiger partial charge in [-0.2, -0.15) is 0 Å². The number of allylic oxidation sites excluding steroid dienone is 4. The van der Waals surface area contributed by atoms with Gasteiger partial charge in [0, 0.05) is 30.9 Å². The molecule has 0 unspecified atom stereocenters. The second-order valence-electron chi connectivity index (χ2n) is 10.5. The number of Topliss-reactive ketones (excluding diaryl/α,β-unsaturated/α-hetero) is 1. The zero-order chi connectivity index (χ0) is 27.3. The van der Waals surface area contributed by atoms with E-state index in [-0.39, 0.29) is 42.2 Å². The maximum atomic E-state index is 13.1. The Kier molecular flexibility index (Phi) is 10.2. The van der Waals surface area contributed by atoms with Crippen LogP contribution in [0, 0.1) is 11.8 Å². The number of esters is 1. The monoisotopic (exact) mass is 514 g/mol. The van der Waals surface area contributed by atoms with Gasteiger partial charge < -0.3 is 24.1 Å². The minimum atomic E-state index is -0.679. The summed E-state index contributed by atoms with van der Waals surface area (Å²) in [4.78, 5) is 25.9. The van der Waals surface area contributed by atoms with Gasteiger partial charge in [-0.1, -0.05) is 50.3 Å². The molecule has 2 bridgehead atoms. The van der Waals surface area contributed by atoms with Gasteiger partial charge >= 0.3 is 5.97 Å². The van der Waals surface area contributed by atoms with E-state index in [0.29, 0.717) is 24.0 Å². The van der Waals surface area contributed by atoms with Gasteiger partial charge in [0.05, 0.1) is 24.4 Å². The zero-order valence-corrected chi connectivity index (χ0v) is 23.0. The molecule has 3 rings (SSSR count). The van der Waals surface area contributed by atoms with Crippen molar-refractivity contribution in [2.45, 2.75) is 97.1 Å². The van der Waals surface area contributed by atoms with Crippen LogP contribution in [0.5, 0.6) is 0 Å². The number of carbonyl (C=O) groups excluding carboxylic acids is 2. The van der Waals surface area contributed by atoms with Crippen molar-refractivity contribution >= 4 is 11.8 Å². The van der Waals surface area contributed by atoms with Gasteiger partial charge in [0.15, 0.2) is 5.78 Å². The summed E-state index contributed by atoms with van der Waals surface area (Å²) in [6.07, 6.45) is 12.0. The van der Waals surface area contributed by atoms with Crippen LogP contribution in [0.2, 0.25) is 0 Å². The zero-order valence-electron chi connectivity index (χ0n) is 23.0. The Bertz CT molecular complexity index is 988. The van der Waals surface area contributed by atoms with Crippen LogP contribution in [0.1, 0.15) is 54.4 Å². The topological polar surface area (TPSA) is 94.6 Å². The first-order chi connectivity index (χ1) is 17.5. The Balaban J connectivity index is 1.94. The Morgan fingerprint density at radius 3 is 2.32 bits per heavy atom. The summed E-state index contributed by atoms with van der Waals surface area (Å²) in [5.74, 6) is -1.20. The molecule has 7 heteroatoms. The fourth-order valence-corrected chi connectivity index (χ4v) is 4.73. The third-order valence-electron chi connectivity index (χ3n) is 7.48. The SMILES string of the molecule is CO[C@H]1C[C@H]2O[C@@H]1/C=C(\C)[C@H](O)C/C=C/C=C(\C)C(=O)[C@@H](C)/C=C(\C)C(=O)O[C@H](/C=C/[C@@H]1O[C@H]1C)[C@@H]2C. The number of cyclic esters (lactones) is 1. The number of carbonyl (C=O) groups is 2. The lowest BCUT2D eigenvalue weighted by atomic mass is 9.93. The molecular weight excluding hydrogens is 472 g/mol. The highest BCUT2D eigenvalue weighted by Crippen LogP contribution is 2.33. The molecule has 0 saturated carbocycles. The van der Waals surface area contributed by atoms with Crippen molar-refractivity contribution in [3.05, 3.63) is 59.3 Å². The van der Waals surface area contributed by atoms with Crippen molar-refractivity contribution < 1.29 is 33.6 Å². The smallest absolute Gasteiger partial charge is 0.334 e. The average Bonchev–Trinajstić information content (AvgIpc) is 3.42. The number of epoxide rings is 1. The third-order valence-corrected chi connectivity index (χ3v) is 7.48. The summed E-state index contributed by atoms with van der Waals surface area (Å²) in [6, 6.07) is 0. The average molecular weight is 515 g/mol. The Morgan fingerprint density at radius 2 is 1.68 bits per heavy atom. The van der Waals surface area contributed by atoms with E-state index in [2.05, 4.69) is 0 Å². The lowest BCUT2D eigenvalue weighted by Crippen LogP contribution is -2.33. The van der Waals surface area contributed by atoms with Crippen molar-refractivity contribution in [2.24, 2.45) is 11.8 Å². The number of ether oxygens (including phenoxy) is 4. The van der Waals surface area contributed by atoms with Crippen LogP contribution in [-0.2, 0) is 28.5 Å². The Morgan fingerprint density at radius 1 is 1.00 bits per heavy atom. The van der Waals surface area contributed by atoms with Gasteiger partial charge in [-0.15, -0.1) is 0 Å². The van der Waals surface area contributed by atoms with Crippen LogP contribution in [0.15, 0.2) is 59.3 Å². The van der Waals surface area contributed by atoms with E-state index in [4.69, 9.17) is 18.9 Å². The number of aliphatic hydroxyl groups is 1. The molecule has 204 valence electrons. The number of methoxy groups -OCH3 is 1. The van der Waals surface area contributed by atoms with Crippen molar-refractivity contribution in [2.75, 3.05) is 7.11 Å². The predicted molar refractivity (Wildman–Crippen MR) is 142 cm³/mol. The number of hydrogen-bond acceptors (Lipinski definition) is 7. The van der Waals surface area contributed by atoms with Crippen LogP contribution < -0.4 is 0 Å². The fraction of sp³-hybridized carbons (Fsp3) is 0.600. The molecule has 3 aliphatic rings. The quantitative estimate of drug-likeness (QED) is 0.339. The summed E-state index contributed by atoms with van der Waals surface area (Å²) in [7, 11) is 1.66. The number of aliphatic hydroxyl groups excluding tert-OH is 1. The normalized spacial score (nSPS) is 43.4. The Labute approximate surface area is 220 Å². The summed E-state index contributed by atoms with van der Waals surface area (Å²) >= 11 is 0. The predicted octanol–water partition coefficient (Wildman–Crippen LogP) is 4.42. The highest BCUT2D eigenvalue weighted by molar-refractivity contribution is 5.99. The minimum Gasteiger partial charge on any atom is -0.454 e. The molecule has 7 nitrogen and oxygen atoms in total. The molecule has 3 heterocycles. The van der Waals surface area contributed by atoms with Gasteiger partial charge in [0.1, 0.15) is 18.3 Å². The van der Waals surface area contributed by atoms with Crippen molar-refractivity contribution in [3.63, 3.8) is 0 Å². The summed E-state index contributed by atoms with van der Waals surface area (Å²) in [5, 5.41) is 10.7. The van der Waals surface area contributed by atoms with Crippen molar-refractivity contribution in [1.82, 2.24) is 0 Å². The number of fused-ring (bicyclic) bond motifs is 2. The van der Waals surface area contributed by atoms with Crippen LogP contribution in [0.4, 0.5) is 0 Å². The lowest BCUT2D eigenvalue weighted by molar-refractivity contribution is -0.146. The van der Waals surface area contributed by atoms with Crippen LogP contribution in [0.3, 0.4) is 0 Å². The molecule has 0 radical (unpaired) electrons. The molecule has 0 aliphatic carbocycles. The molecule has 0 aromatic rings. The maximum absolute atomic E-state index is 13.1. The number of rotatable bonds is 3. The van der Waals surface area contributed by atoms with Crippen molar-refractivity contribution in [3.8, 4) is 0 Å². The molecule has 0 aromatic carbocycles. The molecule has 0 aromatic heterocycles. The summed E-state index contributed by atoms with van der Waals surface area (Å²) in [6.45, 7) is 11.0. The summed E-state index contributed by atoms with van der Waals surface area (Å²) < 4.78 is 23.6. The van der Waals surface area contributed by atoms with Crippen LogP contribution in [0.25, 0.3) is 0 Å². The third kappa shape index (κ3) is 7.84. The van der Waals surface area contributed by atoms with E-state index in [9.17, 15) is 14.7 Å². The first kappa shape index (κ1) is 29.2. The van der Waals surface area contributed by atoms with Gasteiger partial charge in [0.2, 0.25) is 0 Å². The van der Waals surface area contributed by atoms with Crippen molar-refractivity contribution in [1.29, 1.82) is 0 Å². The molecule has 2 saturated heterocycles. The van der Waals surface area contributed by atoms with E-state index in [0.717, 1.165) is 5.57 Å². The standard InChI is InChI=1S/C30H42O7/c1-17-10-8-9-11-23(31)18(2)15-28-27(34-7)16-26(36-28)21(5)24(12-13-25-22(6)35-25)37-30(33)20(4)14-19(3)29(17)32/h8-10,12-15,19,21-28,31H,11,16H2,1-7H3/b9-8+,13-12+,17-10+,18-15+,20-14+/t19-,21-,22-,23+,24+,25-,26+,27-,28+/m0/s1. The maximum Gasteiger partial charge on any atom is 0.334 e. The van der Waals surface area contributed by atoms with Gasteiger partial charge in [-0.25, -0.2) is 4.79 Å². The van der Waals surface area contributed by atoms with E-state index in [1.54, 1.807) is 46.1 Å². The summed E-state index contributed by atoms with van der Waals surface area (Å²) in [5.41, 5.74) is 1.74. The number of hydrogen-bond donors (Lipinski definition) is 1. The van der Waals surface area contributed by atoms with E-state index in [1.807, 2.05) is 45.1 Å².